The van der Waals surface area contributed by atoms with Gasteiger partial charge in [-0.15, -0.1) is 0 Å². The van der Waals surface area contributed by atoms with Crippen LogP contribution in [-0.2, 0) is 16.1 Å². The quantitative estimate of drug-likeness (QED) is 0.751. The van der Waals surface area contributed by atoms with E-state index in [0.29, 0.717) is 6.54 Å². The normalized spacial score (nSPS) is 11.4. The second-order valence-electron chi connectivity index (χ2n) is 4.76. The van der Waals surface area contributed by atoms with Crippen LogP contribution in [0.3, 0.4) is 0 Å². The molecule has 0 saturated heterocycles. The lowest BCUT2D eigenvalue weighted by Crippen LogP contribution is -2.48. The molecule has 0 atom stereocenters. The molecule has 0 heterocycles. The fourth-order valence-corrected chi connectivity index (χ4v) is 1.65. The Labute approximate surface area is 108 Å². The van der Waals surface area contributed by atoms with Gasteiger partial charge >= 0.3 is 5.97 Å². The predicted molar refractivity (Wildman–Crippen MR) is 70.6 cm³/mol. The molecule has 0 amide bonds. The largest absolute Gasteiger partial charge is 0.497 e. The fourth-order valence-electron chi connectivity index (χ4n) is 1.65. The second-order valence-corrected chi connectivity index (χ2v) is 4.76. The van der Waals surface area contributed by atoms with E-state index in [-0.39, 0.29) is 5.97 Å². The highest BCUT2D eigenvalue weighted by Gasteiger charge is 2.33. The maximum absolute atomic E-state index is 11.7. The molecule has 0 N–H and O–H groups in total. The van der Waals surface area contributed by atoms with E-state index >= 15 is 0 Å². The van der Waals surface area contributed by atoms with Gasteiger partial charge in [0.25, 0.3) is 0 Å². The lowest BCUT2D eigenvalue weighted by molar-refractivity contribution is -0.152. The van der Waals surface area contributed by atoms with Crippen molar-refractivity contribution >= 4 is 5.97 Å². The summed E-state index contributed by atoms with van der Waals surface area (Å²) in [4.78, 5) is 13.7. The van der Waals surface area contributed by atoms with E-state index < -0.39 is 5.54 Å². The Hall–Kier alpha value is -1.55. The van der Waals surface area contributed by atoms with E-state index in [1.165, 1.54) is 7.11 Å². The van der Waals surface area contributed by atoms with Crippen LogP contribution in [0.2, 0.25) is 0 Å². The number of carbonyl (C=O) groups is 1. The average molecular weight is 251 g/mol. The van der Waals surface area contributed by atoms with Gasteiger partial charge < -0.3 is 9.47 Å². The molecular weight excluding hydrogens is 230 g/mol. The van der Waals surface area contributed by atoms with E-state index in [9.17, 15) is 4.79 Å². The van der Waals surface area contributed by atoms with Crippen molar-refractivity contribution in [1.82, 2.24) is 4.90 Å². The van der Waals surface area contributed by atoms with Gasteiger partial charge in [0.2, 0.25) is 0 Å². The first-order valence-corrected chi connectivity index (χ1v) is 5.84. The molecule has 0 aliphatic rings. The van der Waals surface area contributed by atoms with Crippen LogP contribution >= 0.6 is 0 Å². The smallest absolute Gasteiger partial charge is 0.325 e. The number of likely N-dealkylation sites (N-methyl/N-ethyl adjacent to an activating group) is 1. The fraction of sp³-hybridized carbons (Fsp3) is 0.500. The number of nitrogens with zero attached hydrogens (tertiary/aromatic N) is 1. The van der Waals surface area contributed by atoms with E-state index in [1.54, 1.807) is 7.11 Å². The number of carbonyl (C=O) groups excluding carboxylic acids is 1. The van der Waals surface area contributed by atoms with Crippen molar-refractivity contribution < 1.29 is 14.3 Å². The van der Waals surface area contributed by atoms with E-state index in [1.807, 2.05) is 50.1 Å². The molecule has 0 radical (unpaired) electrons. The molecular formula is C14H21NO3. The highest BCUT2D eigenvalue weighted by atomic mass is 16.5. The molecule has 1 aromatic rings. The first-order valence-electron chi connectivity index (χ1n) is 5.84. The Morgan fingerprint density at radius 1 is 1.33 bits per heavy atom. The Balaban J connectivity index is 2.80. The molecule has 1 rings (SSSR count). The van der Waals surface area contributed by atoms with Crippen LogP contribution < -0.4 is 4.74 Å². The summed E-state index contributed by atoms with van der Waals surface area (Å²) in [5.41, 5.74) is 0.437. The van der Waals surface area contributed by atoms with Crippen LogP contribution in [0.25, 0.3) is 0 Å². The topological polar surface area (TPSA) is 38.8 Å². The molecule has 0 saturated carbocycles. The van der Waals surface area contributed by atoms with Crippen molar-refractivity contribution in [3.63, 3.8) is 0 Å². The molecule has 4 heteroatoms. The monoisotopic (exact) mass is 251 g/mol. The molecule has 4 nitrogen and oxygen atoms in total. The minimum Gasteiger partial charge on any atom is -0.497 e. The zero-order valence-electron chi connectivity index (χ0n) is 11.7. The number of methoxy groups -OCH3 is 2. The third-order valence-corrected chi connectivity index (χ3v) is 3.19. The van der Waals surface area contributed by atoms with Gasteiger partial charge in [0.15, 0.2) is 0 Å². The Bertz CT molecular complexity index is 415. The highest BCUT2D eigenvalue weighted by Crippen LogP contribution is 2.19. The molecule has 0 bridgehead atoms. The minimum absolute atomic E-state index is 0.243. The van der Waals surface area contributed by atoms with Crippen molar-refractivity contribution in [1.29, 1.82) is 0 Å². The van der Waals surface area contributed by atoms with Crippen molar-refractivity contribution in [2.75, 3.05) is 21.3 Å². The third-order valence-electron chi connectivity index (χ3n) is 3.19. The first kappa shape index (κ1) is 14.5. The van der Waals surface area contributed by atoms with Gasteiger partial charge in [-0.3, -0.25) is 9.69 Å². The van der Waals surface area contributed by atoms with E-state index in [4.69, 9.17) is 9.47 Å². The van der Waals surface area contributed by atoms with Gasteiger partial charge in [-0.05, 0) is 38.6 Å². The Kier molecular flexibility index (Phi) is 4.73. The average Bonchev–Trinajstić information content (AvgIpc) is 2.37. The summed E-state index contributed by atoms with van der Waals surface area (Å²) >= 11 is 0. The second kappa shape index (κ2) is 5.87. The summed E-state index contributed by atoms with van der Waals surface area (Å²) in [7, 11) is 4.95. The molecule has 0 fully saturated rings. The molecule has 0 aromatic heterocycles. The Morgan fingerprint density at radius 3 is 2.56 bits per heavy atom. The lowest BCUT2D eigenvalue weighted by atomic mass is 10.0. The number of benzene rings is 1. The summed E-state index contributed by atoms with van der Waals surface area (Å²) in [5.74, 6) is 0.574. The number of hydrogen-bond acceptors (Lipinski definition) is 4. The summed E-state index contributed by atoms with van der Waals surface area (Å²) in [6.45, 7) is 4.34. The van der Waals surface area contributed by atoms with Crippen LogP contribution in [0, 0.1) is 0 Å². The van der Waals surface area contributed by atoms with Gasteiger partial charge in [-0.25, -0.2) is 0 Å². The first-order chi connectivity index (χ1) is 8.41. The molecule has 0 aliphatic carbocycles. The number of hydrogen-bond donors (Lipinski definition) is 0. The van der Waals surface area contributed by atoms with Crippen LogP contribution in [0.15, 0.2) is 24.3 Å². The molecule has 0 unspecified atom stereocenters. The van der Waals surface area contributed by atoms with Crippen LogP contribution in [0.1, 0.15) is 19.4 Å². The van der Waals surface area contributed by atoms with E-state index in [0.717, 1.165) is 11.3 Å². The molecule has 100 valence electrons. The molecule has 0 spiro atoms. The number of esters is 1. The van der Waals surface area contributed by atoms with Crippen molar-refractivity contribution in [3.8, 4) is 5.75 Å². The number of ether oxygens (including phenoxy) is 2. The highest BCUT2D eigenvalue weighted by molar-refractivity contribution is 5.79. The number of rotatable bonds is 5. The van der Waals surface area contributed by atoms with Crippen LogP contribution in [0.5, 0.6) is 5.75 Å². The van der Waals surface area contributed by atoms with Gasteiger partial charge in [0, 0.05) is 6.54 Å². The zero-order valence-corrected chi connectivity index (χ0v) is 11.7. The maximum Gasteiger partial charge on any atom is 0.325 e. The predicted octanol–water partition coefficient (Wildman–Crippen LogP) is 2.08. The third kappa shape index (κ3) is 3.23. The summed E-state index contributed by atoms with van der Waals surface area (Å²) in [6, 6.07) is 7.80. The zero-order chi connectivity index (χ0) is 13.8. The summed E-state index contributed by atoms with van der Waals surface area (Å²) in [6.07, 6.45) is 0. The SMILES string of the molecule is COC(=O)C(C)(C)N(C)Cc1cccc(OC)c1. The minimum atomic E-state index is -0.655. The summed E-state index contributed by atoms with van der Waals surface area (Å²) in [5, 5.41) is 0. The van der Waals surface area contributed by atoms with Crippen molar-refractivity contribution in [2.45, 2.75) is 25.9 Å². The van der Waals surface area contributed by atoms with Crippen LogP contribution in [-0.4, -0.2) is 37.7 Å². The standard InChI is InChI=1S/C14H21NO3/c1-14(2,13(16)18-5)15(3)10-11-7-6-8-12(9-11)17-4/h6-9H,10H2,1-5H3. The van der Waals surface area contributed by atoms with Gasteiger partial charge in [0.1, 0.15) is 11.3 Å². The van der Waals surface area contributed by atoms with Gasteiger partial charge in [0.05, 0.1) is 14.2 Å². The summed E-state index contributed by atoms with van der Waals surface area (Å²) < 4.78 is 9.99. The van der Waals surface area contributed by atoms with Gasteiger partial charge in [-0.1, -0.05) is 12.1 Å². The lowest BCUT2D eigenvalue weighted by Gasteiger charge is -2.32. The van der Waals surface area contributed by atoms with E-state index in [2.05, 4.69) is 0 Å². The Morgan fingerprint density at radius 2 is 2.00 bits per heavy atom. The maximum atomic E-state index is 11.7. The molecule has 18 heavy (non-hydrogen) atoms. The molecule has 0 aliphatic heterocycles. The molecule has 1 aromatic carbocycles. The van der Waals surface area contributed by atoms with Crippen molar-refractivity contribution in [2.24, 2.45) is 0 Å². The van der Waals surface area contributed by atoms with Gasteiger partial charge in [-0.2, -0.15) is 0 Å². The van der Waals surface area contributed by atoms with Crippen molar-refractivity contribution in [3.05, 3.63) is 29.8 Å². The van der Waals surface area contributed by atoms with Crippen LogP contribution in [0.4, 0.5) is 0 Å².